The molecule has 0 aliphatic heterocycles. The average molecular weight is 374 g/mol. The van der Waals surface area contributed by atoms with Gasteiger partial charge in [0.2, 0.25) is 0 Å². The predicted molar refractivity (Wildman–Crippen MR) is 107 cm³/mol. The van der Waals surface area contributed by atoms with E-state index in [-0.39, 0.29) is 5.92 Å². The summed E-state index contributed by atoms with van der Waals surface area (Å²) in [5.74, 6) is 6.02. The Bertz CT molecular complexity index is 957. The van der Waals surface area contributed by atoms with E-state index in [1.807, 2.05) is 29.6 Å². The first-order valence-corrected chi connectivity index (χ1v) is 9.73. The van der Waals surface area contributed by atoms with Crippen LogP contribution in [0, 0.1) is 11.8 Å². The maximum Gasteiger partial charge on any atom is 0.407 e. The highest BCUT2D eigenvalue weighted by atomic mass is 32.1. The van der Waals surface area contributed by atoms with E-state index in [1.165, 1.54) is 33.6 Å². The van der Waals surface area contributed by atoms with Crippen LogP contribution in [0.2, 0.25) is 0 Å². The number of aromatic nitrogens is 1. The lowest BCUT2D eigenvalue weighted by Gasteiger charge is -2.14. The molecule has 0 bridgehead atoms. The van der Waals surface area contributed by atoms with E-state index in [1.54, 1.807) is 5.51 Å². The van der Waals surface area contributed by atoms with Crippen molar-refractivity contribution in [3.8, 4) is 23.0 Å². The third kappa shape index (κ3) is 3.86. The smallest absolute Gasteiger partial charge is 0.407 e. The van der Waals surface area contributed by atoms with Crippen LogP contribution in [-0.4, -0.2) is 24.2 Å². The zero-order valence-electron chi connectivity index (χ0n) is 14.6. The zero-order chi connectivity index (χ0) is 18.5. The number of amides is 1. The minimum absolute atomic E-state index is 0.0765. The third-order valence-corrected chi connectivity index (χ3v) is 5.10. The Morgan fingerprint density at radius 1 is 1.11 bits per heavy atom. The molecular formula is C22H18N2O2S. The number of hydrogen-bond donors (Lipinski definition) is 1. The first kappa shape index (κ1) is 17.3. The topological polar surface area (TPSA) is 51.2 Å². The van der Waals surface area contributed by atoms with Crippen LogP contribution in [0.3, 0.4) is 0 Å². The Kier molecular flexibility index (Phi) is 5.17. The predicted octanol–water partition coefficient (Wildman–Crippen LogP) is 4.42. The van der Waals surface area contributed by atoms with Gasteiger partial charge in [-0.25, -0.2) is 9.78 Å². The molecule has 0 unspecified atom stereocenters. The molecule has 134 valence electrons. The van der Waals surface area contributed by atoms with Gasteiger partial charge in [-0.3, -0.25) is 0 Å². The van der Waals surface area contributed by atoms with Crippen molar-refractivity contribution in [3.05, 3.63) is 76.2 Å². The molecule has 1 N–H and O–H groups in total. The lowest BCUT2D eigenvalue weighted by molar-refractivity contribution is 0.143. The number of ether oxygens (including phenoxy) is 1. The quantitative estimate of drug-likeness (QED) is 0.543. The Hall–Kier alpha value is -3.10. The summed E-state index contributed by atoms with van der Waals surface area (Å²) in [6, 6.07) is 16.6. The first-order chi connectivity index (χ1) is 13.3. The minimum atomic E-state index is -0.410. The van der Waals surface area contributed by atoms with Crippen LogP contribution >= 0.6 is 11.3 Å². The molecule has 1 aliphatic carbocycles. The molecule has 0 saturated heterocycles. The molecule has 1 amide bonds. The minimum Gasteiger partial charge on any atom is -0.449 e. The Labute approximate surface area is 162 Å². The van der Waals surface area contributed by atoms with Gasteiger partial charge in [-0.15, -0.1) is 11.3 Å². The standard InChI is InChI=1S/C22H18N2O2S/c25-22(23-12-6-5-7-16-14-27-15-24-16)26-13-21-19-10-3-1-8-17(19)18-9-2-4-11-20(18)21/h1-4,8-11,14-15,21H,6,12-13H2,(H,23,25). The molecule has 0 atom stereocenters. The Morgan fingerprint density at radius 3 is 2.48 bits per heavy atom. The van der Waals surface area contributed by atoms with Gasteiger partial charge in [-0.2, -0.15) is 0 Å². The van der Waals surface area contributed by atoms with Crippen molar-refractivity contribution < 1.29 is 9.53 Å². The first-order valence-electron chi connectivity index (χ1n) is 8.79. The van der Waals surface area contributed by atoms with Gasteiger partial charge in [0, 0.05) is 24.3 Å². The van der Waals surface area contributed by atoms with E-state index in [0.29, 0.717) is 19.6 Å². The number of thiazole rings is 1. The monoisotopic (exact) mass is 374 g/mol. The number of benzene rings is 2. The molecule has 1 heterocycles. The molecule has 4 rings (SSSR count). The summed E-state index contributed by atoms with van der Waals surface area (Å²) >= 11 is 1.51. The molecule has 0 spiro atoms. The molecule has 0 fully saturated rings. The average Bonchev–Trinajstić information content (AvgIpc) is 3.32. The van der Waals surface area contributed by atoms with Crippen molar-refractivity contribution in [2.75, 3.05) is 13.2 Å². The van der Waals surface area contributed by atoms with Crippen LogP contribution in [-0.2, 0) is 4.74 Å². The number of carbonyl (C=O) groups excluding carboxylic acids is 1. The van der Waals surface area contributed by atoms with Crippen LogP contribution < -0.4 is 5.32 Å². The molecule has 2 aromatic carbocycles. The highest BCUT2D eigenvalue weighted by molar-refractivity contribution is 7.07. The number of carbonyl (C=O) groups is 1. The van der Waals surface area contributed by atoms with E-state index >= 15 is 0 Å². The fraction of sp³-hybridized carbons (Fsp3) is 0.182. The molecule has 0 radical (unpaired) electrons. The van der Waals surface area contributed by atoms with Crippen molar-refractivity contribution in [1.82, 2.24) is 10.3 Å². The molecule has 1 aromatic heterocycles. The zero-order valence-corrected chi connectivity index (χ0v) is 15.5. The fourth-order valence-corrected chi connectivity index (χ4v) is 3.79. The lowest BCUT2D eigenvalue weighted by Crippen LogP contribution is -2.26. The summed E-state index contributed by atoms with van der Waals surface area (Å²) in [4.78, 5) is 16.1. The van der Waals surface area contributed by atoms with E-state index in [4.69, 9.17) is 4.74 Å². The van der Waals surface area contributed by atoms with Crippen molar-refractivity contribution >= 4 is 17.4 Å². The summed E-state index contributed by atoms with van der Waals surface area (Å²) in [5, 5.41) is 4.65. The van der Waals surface area contributed by atoms with Gasteiger partial charge in [0.1, 0.15) is 12.3 Å². The molecule has 3 aromatic rings. The van der Waals surface area contributed by atoms with E-state index < -0.39 is 6.09 Å². The van der Waals surface area contributed by atoms with Gasteiger partial charge < -0.3 is 10.1 Å². The number of fused-ring (bicyclic) bond motifs is 3. The number of rotatable bonds is 4. The highest BCUT2D eigenvalue weighted by Crippen LogP contribution is 2.44. The largest absolute Gasteiger partial charge is 0.449 e. The second-order valence-electron chi connectivity index (χ2n) is 6.18. The summed E-state index contributed by atoms with van der Waals surface area (Å²) in [6.45, 7) is 0.776. The molecular weight excluding hydrogens is 356 g/mol. The van der Waals surface area contributed by atoms with Crippen LogP contribution in [0.25, 0.3) is 11.1 Å². The highest BCUT2D eigenvalue weighted by Gasteiger charge is 2.28. The Balaban J connectivity index is 1.31. The molecule has 1 aliphatic rings. The normalized spacial score (nSPS) is 11.9. The lowest BCUT2D eigenvalue weighted by atomic mass is 9.98. The van der Waals surface area contributed by atoms with Crippen molar-refractivity contribution in [3.63, 3.8) is 0 Å². The number of nitrogens with zero attached hydrogens (tertiary/aromatic N) is 1. The number of nitrogens with one attached hydrogen (secondary N) is 1. The summed E-state index contributed by atoms with van der Waals surface area (Å²) in [6.07, 6.45) is 0.147. The molecule has 0 saturated carbocycles. The SMILES string of the molecule is O=C(NCCC#Cc1cscn1)OCC1c2ccccc2-c2ccccc21. The van der Waals surface area contributed by atoms with Gasteiger partial charge in [0.15, 0.2) is 0 Å². The van der Waals surface area contributed by atoms with Crippen molar-refractivity contribution in [2.24, 2.45) is 0 Å². The molecule has 5 heteroatoms. The van der Waals surface area contributed by atoms with Crippen LogP contribution in [0.15, 0.2) is 59.4 Å². The maximum atomic E-state index is 12.0. The van der Waals surface area contributed by atoms with E-state index in [0.717, 1.165) is 5.69 Å². The molecule has 27 heavy (non-hydrogen) atoms. The van der Waals surface area contributed by atoms with Crippen molar-refractivity contribution in [1.29, 1.82) is 0 Å². The van der Waals surface area contributed by atoms with Crippen LogP contribution in [0.5, 0.6) is 0 Å². The van der Waals surface area contributed by atoms with E-state index in [2.05, 4.69) is 46.4 Å². The summed E-state index contributed by atoms with van der Waals surface area (Å²) < 4.78 is 5.48. The van der Waals surface area contributed by atoms with Crippen LogP contribution in [0.4, 0.5) is 4.79 Å². The van der Waals surface area contributed by atoms with Crippen molar-refractivity contribution in [2.45, 2.75) is 12.3 Å². The summed E-state index contributed by atoms with van der Waals surface area (Å²) in [5.41, 5.74) is 7.38. The summed E-state index contributed by atoms with van der Waals surface area (Å²) in [7, 11) is 0. The number of alkyl carbamates (subject to hydrolysis) is 1. The van der Waals surface area contributed by atoms with Gasteiger partial charge in [-0.1, -0.05) is 54.5 Å². The maximum absolute atomic E-state index is 12.0. The van der Waals surface area contributed by atoms with Gasteiger partial charge in [0.05, 0.1) is 5.51 Å². The molecule has 4 nitrogen and oxygen atoms in total. The Morgan fingerprint density at radius 2 is 1.81 bits per heavy atom. The van der Waals surface area contributed by atoms with Crippen LogP contribution in [0.1, 0.15) is 29.2 Å². The number of hydrogen-bond acceptors (Lipinski definition) is 4. The van der Waals surface area contributed by atoms with Gasteiger partial charge in [-0.05, 0) is 28.2 Å². The van der Waals surface area contributed by atoms with Gasteiger partial charge in [0.25, 0.3) is 0 Å². The third-order valence-electron chi connectivity index (χ3n) is 4.51. The second-order valence-corrected chi connectivity index (χ2v) is 6.90. The fourth-order valence-electron chi connectivity index (χ4n) is 3.30. The second kappa shape index (κ2) is 8.07. The van der Waals surface area contributed by atoms with E-state index in [9.17, 15) is 4.79 Å². The van der Waals surface area contributed by atoms with Gasteiger partial charge >= 0.3 is 6.09 Å².